The molecule has 17 heavy (non-hydrogen) atoms. The highest BCUT2D eigenvalue weighted by atomic mass is 16.3. The largest absolute Gasteiger partial charge is 0.392 e. The first-order valence-electron chi connectivity index (χ1n) is 6.21. The SMILES string of the molecule is CC(O)CN(C)C(=O)C1CC(=O)N(C2CC2)C1. The Morgan fingerprint density at radius 1 is 1.59 bits per heavy atom. The highest BCUT2D eigenvalue weighted by Gasteiger charge is 2.42. The molecule has 2 amide bonds. The van der Waals surface area contributed by atoms with Crippen molar-refractivity contribution in [3.8, 4) is 0 Å². The number of amides is 2. The zero-order valence-electron chi connectivity index (χ0n) is 10.4. The summed E-state index contributed by atoms with van der Waals surface area (Å²) in [6.07, 6.45) is 1.96. The summed E-state index contributed by atoms with van der Waals surface area (Å²) >= 11 is 0. The average molecular weight is 240 g/mol. The minimum atomic E-state index is -0.527. The van der Waals surface area contributed by atoms with Gasteiger partial charge >= 0.3 is 0 Å². The van der Waals surface area contributed by atoms with Crippen LogP contribution in [0, 0.1) is 5.92 Å². The van der Waals surface area contributed by atoms with E-state index in [-0.39, 0.29) is 17.7 Å². The van der Waals surface area contributed by atoms with Gasteiger partial charge in [-0.2, -0.15) is 0 Å². The van der Waals surface area contributed by atoms with Crippen molar-refractivity contribution in [1.29, 1.82) is 0 Å². The van der Waals surface area contributed by atoms with E-state index >= 15 is 0 Å². The summed E-state index contributed by atoms with van der Waals surface area (Å²) in [6, 6.07) is 0.391. The maximum atomic E-state index is 12.1. The molecule has 1 N–H and O–H groups in total. The molecule has 2 aliphatic rings. The van der Waals surface area contributed by atoms with Gasteiger partial charge in [0.05, 0.1) is 12.0 Å². The summed E-state index contributed by atoms with van der Waals surface area (Å²) in [7, 11) is 1.68. The summed E-state index contributed by atoms with van der Waals surface area (Å²) < 4.78 is 0. The molecule has 0 spiro atoms. The number of carbonyl (C=O) groups excluding carboxylic acids is 2. The summed E-state index contributed by atoms with van der Waals surface area (Å²) in [5, 5.41) is 9.25. The molecule has 0 bridgehead atoms. The molecule has 2 atom stereocenters. The average Bonchev–Trinajstić information content (AvgIpc) is 3.00. The highest BCUT2D eigenvalue weighted by molar-refractivity contribution is 5.89. The number of hydrogen-bond donors (Lipinski definition) is 1. The molecular weight excluding hydrogens is 220 g/mol. The quantitative estimate of drug-likeness (QED) is 0.742. The van der Waals surface area contributed by atoms with Gasteiger partial charge in [0.15, 0.2) is 0 Å². The first-order chi connectivity index (χ1) is 7.99. The van der Waals surface area contributed by atoms with Crippen molar-refractivity contribution in [2.75, 3.05) is 20.1 Å². The molecule has 1 aliphatic heterocycles. The van der Waals surface area contributed by atoms with Crippen LogP contribution < -0.4 is 0 Å². The lowest BCUT2D eigenvalue weighted by Gasteiger charge is -2.22. The normalized spacial score (nSPS) is 26.2. The van der Waals surface area contributed by atoms with E-state index in [0.717, 1.165) is 12.8 Å². The predicted octanol–water partition coefficient (Wildman–Crippen LogP) is -0.163. The van der Waals surface area contributed by atoms with Gasteiger partial charge in [-0.15, -0.1) is 0 Å². The second-order valence-corrected chi connectivity index (χ2v) is 5.25. The molecule has 1 aliphatic carbocycles. The van der Waals surface area contributed by atoms with Gasteiger partial charge in [-0.05, 0) is 19.8 Å². The van der Waals surface area contributed by atoms with Gasteiger partial charge in [-0.1, -0.05) is 0 Å². The Hall–Kier alpha value is -1.10. The van der Waals surface area contributed by atoms with Gasteiger partial charge in [0.25, 0.3) is 0 Å². The molecule has 2 fully saturated rings. The third-order valence-electron chi connectivity index (χ3n) is 3.41. The van der Waals surface area contributed by atoms with E-state index in [2.05, 4.69) is 0 Å². The smallest absolute Gasteiger partial charge is 0.227 e. The van der Waals surface area contributed by atoms with E-state index in [9.17, 15) is 14.7 Å². The van der Waals surface area contributed by atoms with Crippen molar-refractivity contribution in [2.24, 2.45) is 5.92 Å². The summed E-state index contributed by atoms with van der Waals surface area (Å²) in [4.78, 5) is 27.1. The molecule has 2 rings (SSSR count). The van der Waals surface area contributed by atoms with E-state index in [0.29, 0.717) is 25.6 Å². The van der Waals surface area contributed by atoms with Crippen molar-refractivity contribution in [3.63, 3.8) is 0 Å². The molecule has 1 heterocycles. The lowest BCUT2D eigenvalue weighted by molar-refractivity contribution is -0.135. The lowest BCUT2D eigenvalue weighted by atomic mass is 10.1. The zero-order valence-corrected chi connectivity index (χ0v) is 10.4. The third-order valence-corrected chi connectivity index (χ3v) is 3.41. The minimum Gasteiger partial charge on any atom is -0.392 e. The van der Waals surface area contributed by atoms with Crippen molar-refractivity contribution in [1.82, 2.24) is 9.80 Å². The minimum absolute atomic E-state index is 0.0256. The molecule has 0 aromatic carbocycles. The van der Waals surface area contributed by atoms with Crippen LogP contribution in [-0.4, -0.2) is 59.0 Å². The van der Waals surface area contributed by atoms with Crippen LogP contribution >= 0.6 is 0 Å². The molecule has 96 valence electrons. The van der Waals surface area contributed by atoms with E-state index in [4.69, 9.17) is 0 Å². The molecule has 2 unspecified atom stereocenters. The second-order valence-electron chi connectivity index (χ2n) is 5.25. The fourth-order valence-electron chi connectivity index (χ4n) is 2.43. The maximum absolute atomic E-state index is 12.1. The number of carbonyl (C=O) groups is 2. The van der Waals surface area contributed by atoms with Crippen molar-refractivity contribution >= 4 is 11.8 Å². The summed E-state index contributed by atoms with van der Waals surface area (Å²) in [6.45, 7) is 2.54. The predicted molar refractivity (Wildman–Crippen MR) is 62.2 cm³/mol. The van der Waals surface area contributed by atoms with Gasteiger partial charge < -0.3 is 14.9 Å². The van der Waals surface area contributed by atoms with Crippen LogP contribution in [0.25, 0.3) is 0 Å². The number of aliphatic hydroxyl groups is 1. The van der Waals surface area contributed by atoms with E-state index in [1.54, 1.807) is 14.0 Å². The number of rotatable bonds is 4. The number of hydrogen-bond acceptors (Lipinski definition) is 3. The first kappa shape index (κ1) is 12.4. The molecular formula is C12H20N2O3. The van der Waals surface area contributed by atoms with Crippen LogP contribution in [0.5, 0.6) is 0 Å². The Bertz CT molecular complexity index is 326. The van der Waals surface area contributed by atoms with E-state index in [1.807, 2.05) is 4.90 Å². The molecule has 5 heteroatoms. The van der Waals surface area contributed by atoms with Crippen LogP contribution in [0.15, 0.2) is 0 Å². The zero-order chi connectivity index (χ0) is 12.6. The number of nitrogens with zero attached hydrogens (tertiary/aromatic N) is 2. The first-order valence-corrected chi connectivity index (χ1v) is 6.21. The fraction of sp³-hybridized carbons (Fsp3) is 0.833. The van der Waals surface area contributed by atoms with Crippen molar-refractivity contribution in [3.05, 3.63) is 0 Å². The van der Waals surface area contributed by atoms with E-state index < -0.39 is 6.10 Å². The molecule has 0 aromatic rings. The molecule has 0 aromatic heterocycles. The van der Waals surface area contributed by atoms with Crippen LogP contribution in [0.4, 0.5) is 0 Å². The second kappa shape index (κ2) is 4.64. The summed E-state index contributed by atoms with van der Waals surface area (Å²) in [5.74, 6) is -0.134. The van der Waals surface area contributed by atoms with Gasteiger partial charge in [0.2, 0.25) is 11.8 Å². The van der Waals surface area contributed by atoms with Crippen LogP contribution in [-0.2, 0) is 9.59 Å². The Kier molecular flexibility index (Phi) is 3.38. The molecule has 5 nitrogen and oxygen atoms in total. The Morgan fingerprint density at radius 2 is 2.24 bits per heavy atom. The number of aliphatic hydroxyl groups excluding tert-OH is 1. The Balaban J connectivity index is 1.90. The van der Waals surface area contributed by atoms with Gasteiger partial charge in [-0.3, -0.25) is 9.59 Å². The lowest BCUT2D eigenvalue weighted by Crippen LogP contribution is -2.38. The maximum Gasteiger partial charge on any atom is 0.227 e. The van der Waals surface area contributed by atoms with Gasteiger partial charge in [0, 0.05) is 32.6 Å². The monoisotopic (exact) mass is 240 g/mol. The van der Waals surface area contributed by atoms with E-state index in [1.165, 1.54) is 4.90 Å². The molecule has 0 radical (unpaired) electrons. The molecule has 1 saturated heterocycles. The topological polar surface area (TPSA) is 60.9 Å². The van der Waals surface area contributed by atoms with Gasteiger partial charge in [0.1, 0.15) is 0 Å². The van der Waals surface area contributed by atoms with Crippen molar-refractivity contribution in [2.45, 2.75) is 38.3 Å². The standard InChI is InChI=1S/C12H20N2O3/c1-8(15)6-13(2)12(17)9-5-11(16)14(7-9)10-3-4-10/h8-10,15H,3-7H2,1-2H3. The Morgan fingerprint density at radius 3 is 2.76 bits per heavy atom. The fourth-order valence-corrected chi connectivity index (χ4v) is 2.43. The van der Waals surface area contributed by atoms with Crippen LogP contribution in [0.1, 0.15) is 26.2 Å². The third kappa shape index (κ3) is 2.77. The van der Waals surface area contributed by atoms with Crippen LogP contribution in [0.3, 0.4) is 0 Å². The van der Waals surface area contributed by atoms with Crippen molar-refractivity contribution < 1.29 is 14.7 Å². The number of likely N-dealkylation sites (N-methyl/N-ethyl adjacent to an activating group) is 1. The molecule has 1 saturated carbocycles. The van der Waals surface area contributed by atoms with Crippen LogP contribution in [0.2, 0.25) is 0 Å². The Labute approximate surface area is 101 Å². The summed E-state index contributed by atoms with van der Waals surface area (Å²) in [5.41, 5.74) is 0. The highest BCUT2D eigenvalue weighted by Crippen LogP contribution is 2.33. The number of likely N-dealkylation sites (tertiary alicyclic amines) is 1. The van der Waals surface area contributed by atoms with Gasteiger partial charge in [-0.25, -0.2) is 0 Å².